The summed E-state index contributed by atoms with van der Waals surface area (Å²) in [5.74, 6) is -0.0463. The highest BCUT2D eigenvalue weighted by molar-refractivity contribution is 6.02. The number of urea groups is 1. The second kappa shape index (κ2) is 10.5. The summed E-state index contributed by atoms with van der Waals surface area (Å²) >= 11 is 0. The maximum absolute atomic E-state index is 13.0. The number of fused-ring (bicyclic) bond motifs is 1. The molecule has 3 N–H and O–H groups in total. The first kappa shape index (κ1) is 24.1. The van der Waals surface area contributed by atoms with E-state index in [-0.39, 0.29) is 17.7 Å². The molecule has 3 amide bonds. The maximum atomic E-state index is 13.0. The number of carbonyl (C=O) groups excluding carboxylic acids is 3. The van der Waals surface area contributed by atoms with Gasteiger partial charge in [-0.2, -0.15) is 0 Å². The van der Waals surface area contributed by atoms with Crippen molar-refractivity contribution in [2.75, 3.05) is 23.1 Å². The van der Waals surface area contributed by atoms with Gasteiger partial charge in [0.05, 0.1) is 30.0 Å². The molecule has 1 heterocycles. The summed E-state index contributed by atoms with van der Waals surface area (Å²) in [4.78, 5) is 53.8. The van der Waals surface area contributed by atoms with E-state index in [1.807, 2.05) is 0 Å². The van der Waals surface area contributed by atoms with Gasteiger partial charge in [0.1, 0.15) is 12.3 Å². The van der Waals surface area contributed by atoms with E-state index in [1.165, 1.54) is 31.0 Å². The van der Waals surface area contributed by atoms with E-state index in [2.05, 4.69) is 20.9 Å². The predicted octanol–water partition coefficient (Wildman–Crippen LogP) is 3.89. The van der Waals surface area contributed by atoms with E-state index in [1.54, 1.807) is 60.7 Å². The Morgan fingerprint density at radius 2 is 1.67 bits per heavy atom. The largest absolute Gasteiger partial charge is 0.495 e. The van der Waals surface area contributed by atoms with Gasteiger partial charge in [-0.1, -0.05) is 24.3 Å². The van der Waals surface area contributed by atoms with Gasteiger partial charge in [-0.3, -0.25) is 19.0 Å². The molecule has 0 aliphatic rings. The lowest BCUT2D eigenvalue weighted by atomic mass is 10.1. The van der Waals surface area contributed by atoms with Crippen molar-refractivity contribution < 1.29 is 19.1 Å². The standard InChI is InChI=1S/C26H23N5O5/c1-16(32)17-6-5-7-18(12-17)28-26(35)29-19-10-11-21-20(13-19)25(34)31(15-27-21)14-24(33)30-22-8-3-4-9-23(22)36-2/h3-13,15H,14H2,1-2H3,(H,30,33)(H2,28,29,35). The molecule has 0 aliphatic heterocycles. The van der Waals surface area contributed by atoms with Crippen molar-refractivity contribution >= 4 is 45.7 Å². The van der Waals surface area contributed by atoms with E-state index in [0.717, 1.165) is 0 Å². The summed E-state index contributed by atoms with van der Waals surface area (Å²) < 4.78 is 6.41. The van der Waals surface area contributed by atoms with Crippen LogP contribution < -0.4 is 26.2 Å². The number of para-hydroxylation sites is 2. The van der Waals surface area contributed by atoms with Gasteiger partial charge in [0.25, 0.3) is 5.56 Å². The van der Waals surface area contributed by atoms with Crippen LogP contribution >= 0.6 is 0 Å². The molecular weight excluding hydrogens is 462 g/mol. The Labute approximate surface area is 205 Å². The number of carbonyl (C=O) groups is 3. The molecule has 0 bridgehead atoms. The number of amides is 3. The molecule has 0 aliphatic carbocycles. The van der Waals surface area contributed by atoms with E-state index >= 15 is 0 Å². The molecule has 0 saturated heterocycles. The second-order valence-corrected chi connectivity index (χ2v) is 7.87. The molecule has 10 heteroatoms. The zero-order valence-electron chi connectivity index (χ0n) is 19.6. The highest BCUT2D eigenvalue weighted by Gasteiger charge is 2.12. The third-order valence-electron chi connectivity index (χ3n) is 5.30. The van der Waals surface area contributed by atoms with Crippen LogP contribution in [0.4, 0.5) is 21.9 Å². The van der Waals surface area contributed by atoms with Crippen molar-refractivity contribution in [3.8, 4) is 5.75 Å². The molecule has 3 aromatic carbocycles. The van der Waals surface area contributed by atoms with Gasteiger partial charge in [-0.05, 0) is 49.4 Å². The number of benzene rings is 3. The summed E-state index contributed by atoms with van der Waals surface area (Å²) in [5.41, 5.74) is 1.75. The fraction of sp³-hybridized carbons (Fsp3) is 0.115. The molecule has 10 nitrogen and oxygen atoms in total. The zero-order chi connectivity index (χ0) is 25.7. The van der Waals surface area contributed by atoms with Gasteiger partial charge >= 0.3 is 6.03 Å². The fourth-order valence-corrected chi connectivity index (χ4v) is 3.55. The van der Waals surface area contributed by atoms with E-state index < -0.39 is 17.5 Å². The number of Topliss-reactive ketones (excluding diaryl/α,β-unsaturated/α-hetero) is 1. The minimum Gasteiger partial charge on any atom is -0.495 e. The number of methoxy groups -OCH3 is 1. The minimum absolute atomic E-state index is 0.117. The van der Waals surface area contributed by atoms with Gasteiger partial charge in [0.15, 0.2) is 5.78 Å². The first-order valence-electron chi connectivity index (χ1n) is 10.9. The van der Waals surface area contributed by atoms with E-state index in [9.17, 15) is 19.2 Å². The Morgan fingerprint density at radius 3 is 2.42 bits per heavy atom. The maximum Gasteiger partial charge on any atom is 0.323 e. The van der Waals surface area contributed by atoms with Crippen LogP contribution in [0.15, 0.2) is 77.9 Å². The molecule has 182 valence electrons. The summed E-state index contributed by atoms with van der Waals surface area (Å²) in [5, 5.41) is 8.27. The third-order valence-corrected chi connectivity index (χ3v) is 5.30. The lowest BCUT2D eigenvalue weighted by Gasteiger charge is -2.11. The average molecular weight is 486 g/mol. The monoisotopic (exact) mass is 485 g/mol. The van der Waals surface area contributed by atoms with Crippen LogP contribution in [0.1, 0.15) is 17.3 Å². The topological polar surface area (TPSA) is 131 Å². The fourth-order valence-electron chi connectivity index (χ4n) is 3.55. The van der Waals surface area contributed by atoms with Gasteiger partial charge in [-0.25, -0.2) is 9.78 Å². The van der Waals surface area contributed by atoms with Crippen LogP contribution in [-0.2, 0) is 11.3 Å². The number of nitrogens with zero attached hydrogens (tertiary/aromatic N) is 2. The number of ether oxygens (including phenoxy) is 1. The lowest BCUT2D eigenvalue weighted by Crippen LogP contribution is -2.28. The van der Waals surface area contributed by atoms with Crippen molar-refractivity contribution in [1.29, 1.82) is 0 Å². The van der Waals surface area contributed by atoms with Crippen LogP contribution in [0, 0.1) is 0 Å². The average Bonchev–Trinajstić information content (AvgIpc) is 2.86. The molecule has 36 heavy (non-hydrogen) atoms. The third kappa shape index (κ3) is 5.55. The molecular formula is C26H23N5O5. The molecule has 0 saturated carbocycles. The van der Waals surface area contributed by atoms with Crippen LogP contribution in [0.2, 0.25) is 0 Å². The predicted molar refractivity (Wildman–Crippen MR) is 137 cm³/mol. The summed E-state index contributed by atoms with van der Waals surface area (Å²) in [7, 11) is 1.50. The number of rotatable bonds is 7. The number of hydrogen-bond donors (Lipinski definition) is 3. The van der Waals surface area contributed by atoms with Crippen LogP contribution in [0.5, 0.6) is 5.75 Å². The van der Waals surface area contributed by atoms with Gasteiger partial charge in [-0.15, -0.1) is 0 Å². The summed E-state index contributed by atoms with van der Waals surface area (Å²) in [6.07, 6.45) is 1.30. The molecule has 0 spiro atoms. The summed E-state index contributed by atoms with van der Waals surface area (Å²) in [6.45, 7) is 1.18. The normalized spacial score (nSPS) is 10.5. The molecule has 0 atom stereocenters. The first-order valence-corrected chi connectivity index (χ1v) is 10.9. The smallest absolute Gasteiger partial charge is 0.323 e. The molecule has 1 aromatic heterocycles. The Balaban J connectivity index is 1.49. The Kier molecular flexibility index (Phi) is 7.05. The van der Waals surface area contributed by atoms with E-state index in [4.69, 9.17) is 4.74 Å². The number of nitrogens with one attached hydrogen (secondary N) is 3. The van der Waals surface area contributed by atoms with Gasteiger partial charge in [0, 0.05) is 16.9 Å². The van der Waals surface area contributed by atoms with Crippen LogP contribution in [0.3, 0.4) is 0 Å². The van der Waals surface area contributed by atoms with Crippen molar-refractivity contribution in [3.63, 3.8) is 0 Å². The van der Waals surface area contributed by atoms with Gasteiger partial charge < -0.3 is 20.7 Å². The second-order valence-electron chi connectivity index (χ2n) is 7.87. The molecule has 0 fully saturated rings. The van der Waals surface area contributed by atoms with Crippen molar-refractivity contribution in [2.24, 2.45) is 0 Å². The van der Waals surface area contributed by atoms with Crippen molar-refractivity contribution in [2.45, 2.75) is 13.5 Å². The lowest BCUT2D eigenvalue weighted by molar-refractivity contribution is -0.116. The number of aromatic nitrogens is 2. The SMILES string of the molecule is COc1ccccc1NC(=O)Cn1cnc2ccc(NC(=O)Nc3cccc(C(C)=O)c3)cc2c1=O. The van der Waals surface area contributed by atoms with Crippen molar-refractivity contribution in [3.05, 3.63) is 89.0 Å². The Bertz CT molecular complexity index is 1530. The Hall–Kier alpha value is -4.99. The Morgan fingerprint density at radius 1 is 0.917 bits per heavy atom. The minimum atomic E-state index is -0.546. The quantitative estimate of drug-likeness (QED) is 0.340. The number of anilines is 3. The van der Waals surface area contributed by atoms with E-state index in [0.29, 0.717) is 33.9 Å². The first-order chi connectivity index (χ1) is 17.3. The summed E-state index contributed by atoms with van der Waals surface area (Å²) in [6, 6.07) is 17.6. The van der Waals surface area contributed by atoms with Crippen LogP contribution in [0.25, 0.3) is 10.9 Å². The van der Waals surface area contributed by atoms with Crippen LogP contribution in [-0.4, -0.2) is 34.4 Å². The molecule has 0 unspecified atom stereocenters. The molecule has 0 radical (unpaired) electrons. The highest BCUT2D eigenvalue weighted by Crippen LogP contribution is 2.23. The molecule has 4 rings (SSSR count). The zero-order valence-corrected chi connectivity index (χ0v) is 19.6. The molecule has 4 aromatic rings. The number of ketones is 1. The number of hydrogen-bond acceptors (Lipinski definition) is 6. The van der Waals surface area contributed by atoms with Gasteiger partial charge in [0.2, 0.25) is 5.91 Å². The van der Waals surface area contributed by atoms with Crippen molar-refractivity contribution in [1.82, 2.24) is 9.55 Å². The highest BCUT2D eigenvalue weighted by atomic mass is 16.5.